The summed E-state index contributed by atoms with van der Waals surface area (Å²) < 4.78 is 11.2. The molecule has 2 fully saturated rings. The van der Waals surface area contributed by atoms with Gasteiger partial charge in [-0.1, -0.05) is 18.1 Å². The van der Waals surface area contributed by atoms with Gasteiger partial charge in [0.1, 0.15) is 6.07 Å². The van der Waals surface area contributed by atoms with Gasteiger partial charge in [0, 0.05) is 25.2 Å². The van der Waals surface area contributed by atoms with Crippen LogP contribution in [0.1, 0.15) is 65.2 Å². The lowest BCUT2D eigenvalue weighted by molar-refractivity contribution is -0.166. The Labute approximate surface area is 156 Å². The maximum Gasteiger partial charge on any atom is 0.304 e. The Morgan fingerprint density at radius 2 is 2.12 bits per heavy atom. The first-order chi connectivity index (χ1) is 12.4. The third-order valence-electron chi connectivity index (χ3n) is 7.94. The van der Waals surface area contributed by atoms with E-state index < -0.39 is 5.60 Å². The molecule has 0 heterocycles. The molecule has 4 nitrogen and oxygen atoms in total. The van der Waals surface area contributed by atoms with Crippen molar-refractivity contribution < 1.29 is 14.3 Å². The fourth-order valence-corrected chi connectivity index (χ4v) is 6.66. The molecule has 0 amide bonds. The van der Waals surface area contributed by atoms with Gasteiger partial charge in [0.2, 0.25) is 5.60 Å². The van der Waals surface area contributed by atoms with Crippen molar-refractivity contribution in [2.75, 3.05) is 7.11 Å². The summed E-state index contributed by atoms with van der Waals surface area (Å²) in [7, 11) is 1.77. The molecule has 26 heavy (non-hydrogen) atoms. The first-order valence-electron chi connectivity index (χ1n) is 9.99. The van der Waals surface area contributed by atoms with Crippen LogP contribution in [0.4, 0.5) is 0 Å². The van der Waals surface area contributed by atoms with Crippen molar-refractivity contribution in [2.45, 2.75) is 70.8 Å². The highest BCUT2D eigenvalue weighted by atomic mass is 16.6. The van der Waals surface area contributed by atoms with Gasteiger partial charge < -0.3 is 9.47 Å². The summed E-state index contributed by atoms with van der Waals surface area (Å²) in [5.41, 5.74) is 2.10. The van der Waals surface area contributed by atoms with Crippen LogP contribution < -0.4 is 0 Å². The first-order valence-corrected chi connectivity index (χ1v) is 9.99. The zero-order chi connectivity index (χ0) is 18.5. The quantitative estimate of drug-likeness (QED) is 0.533. The minimum absolute atomic E-state index is 0.213. The van der Waals surface area contributed by atoms with Crippen LogP contribution in [0.5, 0.6) is 0 Å². The van der Waals surface area contributed by atoms with Gasteiger partial charge in [0.25, 0.3) is 0 Å². The average Bonchev–Trinajstić information content (AvgIpc) is 2.93. The Bertz CT molecular complexity index is 730. The van der Waals surface area contributed by atoms with Crippen molar-refractivity contribution in [3.05, 3.63) is 23.0 Å². The lowest BCUT2D eigenvalue weighted by Crippen LogP contribution is -2.52. The van der Waals surface area contributed by atoms with Crippen LogP contribution in [0.15, 0.2) is 23.0 Å². The maximum atomic E-state index is 11.7. The number of methoxy groups -OCH3 is 1. The molecular formula is C22H29NO3. The molecule has 0 saturated heterocycles. The number of fused-ring (bicyclic) bond motifs is 4. The van der Waals surface area contributed by atoms with E-state index in [1.54, 1.807) is 18.3 Å². The molecule has 0 spiro atoms. The molecule has 0 aromatic rings. The number of carbonyl (C=O) groups excluding carboxylic acids is 1. The molecule has 0 aromatic carbocycles. The second-order valence-electron chi connectivity index (χ2n) is 8.83. The minimum atomic E-state index is -0.932. The van der Waals surface area contributed by atoms with Gasteiger partial charge in [-0.05, 0) is 62.4 Å². The van der Waals surface area contributed by atoms with E-state index in [2.05, 4.69) is 19.1 Å². The first kappa shape index (κ1) is 17.6. The summed E-state index contributed by atoms with van der Waals surface area (Å²) in [5, 5.41) is 9.95. The Morgan fingerprint density at radius 1 is 1.31 bits per heavy atom. The van der Waals surface area contributed by atoms with Crippen molar-refractivity contribution >= 4 is 5.97 Å². The fraction of sp³-hybridized carbons (Fsp3) is 0.727. The molecular weight excluding hydrogens is 326 g/mol. The van der Waals surface area contributed by atoms with Crippen LogP contribution in [-0.2, 0) is 14.3 Å². The molecule has 5 atom stereocenters. The highest BCUT2D eigenvalue weighted by Gasteiger charge is 2.64. The monoisotopic (exact) mass is 355 g/mol. The van der Waals surface area contributed by atoms with E-state index in [1.807, 2.05) is 0 Å². The Morgan fingerprint density at radius 3 is 2.81 bits per heavy atom. The predicted molar refractivity (Wildman–Crippen MR) is 97.7 cm³/mol. The van der Waals surface area contributed by atoms with Crippen LogP contribution in [0, 0.1) is 34.5 Å². The maximum absolute atomic E-state index is 11.7. The van der Waals surface area contributed by atoms with Crippen LogP contribution in [0.3, 0.4) is 0 Å². The summed E-state index contributed by atoms with van der Waals surface area (Å²) in [6.45, 7) is 3.64. The molecule has 0 bridgehead atoms. The van der Waals surface area contributed by atoms with Crippen molar-refractivity contribution in [1.82, 2.24) is 0 Å². The fourth-order valence-electron chi connectivity index (χ4n) is 6.66. The van der Waals surface area contributed by atoms with E-state index in [9.17, 15) is 10.1 Å². The molecule has 140 valence electrons. The summed E-state index contributed by atoms with van der Waals surface area (Å²) in [6, 6.07) is 2.43. The predicted octanol–water partition coefficient (Wildman–Crippen LogP) is 4.67. The number of hydrogen-bond acceptors (Lipinski definition) is 4. The van der Waals surface area contributed by atoms with E-state index >= 15 is 0 Å². The summed E-state index contributed by atoms with van der Waals surface area (Å²) >= 11 is 0. The van der Waals surface area contributed by atoms with Gasteiger partial charge in [0.05, 0.1) is 12.9 Å². The number of rotatable bonds is 2. The van der Waals surface area contributed by atoms with Gasteiger partial charge >= 0.3 is 5.97 Å². The second kappa shape index (κ2) is 6.15. The third kappa shape index (κ3) is 2.36. The summed E-state index contributed by atoms with van der Waals surface area (Å²) in [5.74, 6) is 2.52. The van der Waals surface area contributed by atoms with Crippen molar-refractivity contribution in [3.63, 3.8) is 0 Å². The zero-order valence-corrected chi connectivity index (χ0v) is 16.1. The van der Waals surface area contributed by atoms with Crippen LogP contribution >= 0.6 is 0 Å². The van der Waals surface area contributed by atoms with Gasteiger partial charge in [-0.25, -0.2) is 0 Å². The molecule has 0 aliphatic heterocycles. The standard InChI is InChI=1S/C22H29NO3/c1-14(24)26-22(13-23)11-9-20-19-6-4-15-12-16(25-3)5-7-17(15)18(19)8-10-21(20,22)2/h5,18-20H,4,6-12H2,1-3H3/t18-,19-,20+,21+,22?/m1/s1. The van der Waals surface area contributed by atoms with Crippen LogP contribution in [0.25, 0.3) is 0 Å². The lowest BCUT2D eigenvalue weighted by Gasteiger charge is -2.53. The summed E-state index contributed by atoms with van der Waals surface area (Å²) in [6.07, 6.45) is 10.4. The second-order valence-corrected chi connectivity index (χ2v) is 8.83. The van der Waals surface area contributed by atoms with E-state index in [0.29, 0.717) is 24.2 Å². The zero-order valence-electron chi connectivity index (χ0n) is 16.1. The Balaban J connectivity index is 1.62. The molecule has 4 aliphatic carbocycles. The number of nitrogens with zero attached hydrogens (tertiary/aromatic N) is 1. The van der Waals surface area contributed by atoms with Gasteiger partial charge in [-0.15, -0.1) is 0 Å². The summed E-state index contributed by atoms with van der Waals surface area (Å²) in [4.78, 5) is 11.7. The smallest absolute Gasteiger partial charge is 0.304 e. The SMILES string of the molecule is COC1=CCC2=C(CC[C@@H]3[C@@H]2CC[C@@]2(C)[C@H]3CCC2(C#N)OC(C)=O)C1. The van der Waals surface area contributed by atoms with Crippen LogP contribution in [0.2, 0.25) is 0 Å². The Hall–Kier alpha value is -1.76. The molecule has 0 aromatic heterocycles. The molecule has 4 aliphatic rings. The number of allylic oxidation sites excluding steroid dienone is 3. The highest BCUT2D eigenvalue weighted by Crippen LogP contribution is 2.65. The number of ether oxygens (including phenoxy) is 2. The average molecular weight is 355 g/mol. The number of hydrogen-bond donors (Lipinski definition) is 0. The van der Waals surface area contributed by atoms with Crippen molar-refractivity contribution in [1.29, 1.82) is 5.26 Å². The molecule has 4 rings (SSSR count). The molecule has 0 radical (unpaired) electrons. The van der Waals surface area contributed by atoms with Gasteiger partial charge in [-0.3, -0.25) is 4.79 Å². The van der Waals surface area contributed by atoms with Gasteiger partial charge in [-0.2, -0.15) is 5.26 Å². The van der Waals surface area contributed by atoms with Crippen molar-refractivity contribution in [3.8, 4) is 6.07 Å². The van der Waals surface area contributed by atoms with E-state index in [-0.39, 0.29) is 11.4 Å². The number of nitriles is 1. The Kier molecular flexibility index (Phi) is 4.17. The van der Waals surface area contributed by atoms with E-state index in [4.69, 9.17) is 9.47 Å². The lowest BCUT2D eigenvalue weighted by atomic mass is 9.52. The molecule has 0 N–H and O–H groups in total. The van der Waals surface area contributed by atoms with E-state index in [1.165, 1.54) is 13.3 Å². The third-order valence-corrected chi connectivity index (χ3v) is 7.94. The number of carbonyl (C=O) groups is 1. The largest absolute Gasteiger partial charge is 0.501 e. The molecule has 2 saturated carbocycles. The van der Waals surface area contributed by atoms with E-state index in [0.717, 1.165) is 44.3 Å². The topological polar surface area (TPSA) is 59.3 Å². The van der Waals surface area contributed by atoms with Crippen LogP contribution in [-0.4, -0.2) is 18.7 Å². The molecule has 4 heteroatoms. The van der Waals surface area contributed by atoms with Gasteiger partial charge in [0.15, 0.2) is 0 Å². The number of esters is 1. The van der Waals surface area contributed by atoms with Crippen molar-refractivity contribution in [2.24, 2.45) is 23.2 Å². The molecule has 1 unspecified atom stereocenters. The normalized spacial score (nSPS) is 41.3. The highest BCUT2D eigenvalue weighted by molar-refractivity contribution is 5.67. The minimum Gasteiger partial charge on any atom is -0.501 e.